The molecule has 0 aliphatic carbocycles. The lowest BCUT2D eigenvalue weighted by Crippen LogP contribution is -2.49. The Balaban J connectivity index is 1.88. The van der Waals surface area contributed by atoms with E-state index in [-0.39, 0.29) is 17.6 Å². The maximum atomic E-state index is 12.4. The average Bonchev–Trinajstić information content (AvgIpc) is 2.76. The Morgan fingerprint density at radius 2 is 2.25 bits per heavy atom. The van der Waals surface area contributed by atoms with Crippen LogP contribution in [0.4, 0.5) is 10.5 Å². The molecule has 0 aromatic heterocycles. The molecule has 0 bridgehead atoms. The summed E-state index contributed by atoms with van der Waals surface area (Å²) < 4.78 is 0. The van der Waals surface area contributed by atoms with Crippen molar-refractivity contribution in [1.29, 1.82) is 0 Å². The first-order chi connectivity index (χ1) is 9.58. The van der Waals surface area contributed by atoms with Gasteiger partial charge in [0.05, 0.1) is 11.6 Å². The largest absolute Gasteiger partial charge is 0.478 e. The minimum absolute atomic E-state index is 0.0129. The number of piperazine rings is 1. The van der Waals surface area contributed by atoms with Gasteiger partial charge in [0.25, 0.3) is 0 Å². The highest BCUT2D eigenvalue weighted by Crippen LogP contribution is 2.26. The highest BCUT2D eigenvalue weighted by Gasteiger charge is 2.39. The number of aryl methyl sites for hydroxylation is 1. The van der Waals surface area contributed by atoms with Crippen molar-refractivity contribution >= 4 is 17.7 Å². The van der Waals surface area contributed by atoms with Gasteiger partial charge in [-0.25, -0.2) is 9.59 Å². The van der Waals surface area contributed by atoms with Crippen LogP contribution in [0.1, 0.15) is 15.9 Å². The van der Waals surface area contributed by atoms with E-state index in [2.05, 4.69) is 5.32 Å². The summed E-state index contributed by atoms with van der Waals surface area (Å²) in [5.74, 6) is -0.941. The zero-order valence-electron chi connectivity index (χ0n) is 11.3. The molecule has 2 fully saturated rings. The molecule has 2 heterocycles. The molecule has 1 atom stereocenters. The van der Waals surface area contributed by atoms with Crippen molar-refractivity contribution in [3.8, 4) is 0 Å². The number of nitrogens with one attached hydrogen (secondary N) is 1. The van der Waals surface area contributed by atoms with Gasteiger partial charge in [-0.15, -0.1) is 0 Å². The van der Waals surface area contributed by atoms with Crippen LogP contribution in [-0.2, 0) is 0 Å². The average molecular weight is 275 g/mol. The minimum atomic E-state index is -0.941. The molecule has 2 amide bonds. The van der Waals surface area contributed by atoms with Gasteiger partial charge in [-0.3, -0.25) is 4.90 Å². The third-order valence-electron chi connectivity index (χ3n) is 3.97. The second-order valence-corrected chi connectivity index (χ2v) is 5.25. The first-order valence-corrected chi connectivity index (χ1v) is 6.70. The third kappa shape index (κ3) is 2.02. The Hall–Kier alpha value is -2.08. The van der Waals surface area contributed by atoms with Gasteiger partial charge in [0.1, 0.15) is 0 Å². The highest BCUT2D eigenvalue weighted by molar-refractivity contribution is 5.96. The van der Waals surface area contributed by atoms with Crippen LogP contribution >= 0.6 is 0 Å². The van der Waals surface area contributed by atoms with Gasteiger partial charge in [-0.05, 0) is 30.7 Å². The standard InChI is InChI=1S/C14H17N3O3/c1-9-6-10(2-3-12(9)13(18)19)17-8-11-7-15-4-5-16(11)14(17)20/h2-3,6,11,15H,4-5,7-8H2,1H3,(H,18,19). The molecule has 106 valence electrons. The lowest BCUT2D eigenvalue weighted by atomic mass is 10.1. The molecule has 2 N–H and O–H groups in total. The molecule has 2 aliphatic heterocycles. The van der Waals surface area contributed by atoms with Crippen molar-refractivity contribution in [3.05, 3.63) is 29.3 Å². The maximum absolute atomic E-state index is 12.4. The number of carbonyl (C=O) groups excluding carboxylic acids is 1. The molecule has 1 aromatic carbocycles. The number of hydrogen-bond acceptors (Lipinski definition) is 3. The summed E-state index contributed by atoms with van der Waals surface area (Å²) in [5, 5.41) is 12.3. The number of carbonyl (C=O) groups is 2. The highest BCUT2D eigenvalue weighted by atomic mass is 16.4. The van der Waals surface area contributed by atoms with E-state index in [1.165, 1.54) is 0 Å². The van der Waals surface area contributed by atoms with Crippen LogP contribution in [0, 0.1) is 6.92 Å². The Labute approximate surface area is 117 Å². The summed E-state index contributed by atoms with van der Waals surface area (Å²) in [6, 6.07) is 5.26. The predicted molar refractivity (Wildman–Crippen MR) is 74.2 cm³/mol. The fourth-order valence-electron chi connectivity index (χ4n) is 2.89. The molecule has 0 spiro atoms. The van der Waals surface area contributed by atoms with Crippen molar-refractivity contribution in [2.75, 3.05) is 31.1 Å². The minimum Gasteiger partial charge on any atom is -0.478 e. The number of carboxylic acid groups (broad SMARTS) is 1. The monoisotopic (exact) mass is 275 g/mol. The Bertz CT molecular complexity index is 573. The summed E-state index contributed by atoms with van der Waals surface area (Å²) in [6.45, 7) is 4.77. The zero-order valence-corrected chi connectivity index (χ0v) is 11.3. The van der Waals surface area contributed by atoms with Gasteiger partial charge >= 0.3 is 12.0 Å². The number of nitrogens with zero attached hydrogens (tertiary/aromatic N) is 2. The van der Waals surface area contributed by atoms with Crippen LogP contribution in [0.25, 0.3) is 0 Å². The van der Waals surface area contributed by atoms with Crippen molar-refractivity contribution < 1.29 is 14.7 Å². The van der Waals surface area contributed by atoms with E-state index in [0.717, 1.165) is 25.3 Å². The van der Waals surface area contributed by atoms with Crippen molar-refractivity contribution in [3.63, 3.8) is 0 Å². The summed E-state index contributed by atoms with van der Waals surface area (Å²) >= 11 is 0. The second-order valence-electron chi connectivity index (χ2n) is 5.25. The molecule has 20 heavy (non-hydrogen) atoms. The van der Waals surface area contributed by atoms with E-state index in [9.17, 15) is 9.59 Å². The Morgan fingerprint density at radius 1 is 1.45 bits per heavy atom. The van der Waals surface area contributed by atoms with Crippen molar-refractivity contribution in [2.45, 2.75) is 13.0 Å². The number of aromatic carboxylic acids is 1. The molecule has 0 radical (unpaired) electrons. The van der Waals surface area contributed by atoms with Gasteiger partial charge in [0.2, 0.25) is 0 Å². The van der Waals surface area contributed by atoms with Crippen LogP contribution in [0.15, 0.2) is 18.2 Å². The summed E-state index contributed by atoms with van der Waals surface area (Å²) in [4.78, 5) is 27.0. The number of urea groups is 1. The molecular weight excluding hydrogens is 258 g/mol. The molecule has 0 saturated carbocycles. The van der Waals surface area contributed by atoms with E-state index in [1.54, 1.807) is 30.0 Å². The Kier molecular flexibility index (Phi) is 3.10. The van der Waals surface area contributed by atoms with E-state index < -0.39 is 5.97 Å². The number of hydrogen-bond donors (Lipinski definition) is 2. The van der Waals surface area contributed by atoms with Gasteiger partial charge in [0, 0.05) is 31.9 Å². The van der Waals surface area contributed by atoms with Crippen molar-refractivity contribution in [1.82, 2.24) is 10.2 Å². The molecular formula is C14H17N3O3. The summed E-state index contributed by atoms with van der Waals surface area (Å²) in [7, 11) is 0. The quantitative estimate of drug-likeness (QED) is 0.841. The normalized spacial score (nSPS) is 22.1. The molecule has 1 aromatic rings. The fraction of sp³-hybridized carbons (Fsp3) is 0.429. The fourth-order valence-corrected chi connectivity index (χ4v) is 2.89. The topological polar surface area (TPSA) is 72.9 Å². The zero-order chi connectivity index (χ0) is 14.3. The molecule has 3 rings (SSSR count). The number of amides is 2. The van der Waals surface area contributed by atoms with E-state index in [1.807, 2.05) is 4.90 Å². The van der Waals surface area contributed by atoms with Gasteiger partial charge in [-0.2, -0.15) is 0 Å². The first kappa shape index (κ1) is 12.9. The van der Waals surface area contributed by atoms with E-state index >= 15 is 0 Å². The second kappa shape index (κ2) is 4.79. The van der Waals surface area contributed by atoms with E-state index in [4.69, 9.17) is 5.11 Å². The molecule has 6 heteroatoms. The van der Waals surface area contributed by atoms with Crippen LogP contribution in [0.3, 0.4) is 0 Å². The van der Waals surface area contributed by atoms with Gasteiger partial charge in [0.15, 0.2) is 0 Å². The molecule has 1 unspecified atom stereocenters. The van der Waals surface area contributed by atoms with E-state index in [0.29, 0.717) is 12.1 Å². The third-order valence-corrected chi connectivity index (χ3v) is 3.97. The molecule has 2 saturated heterocycles. The van der Waals surface area contributed by atoms with Crippen LogP contribution in [0.5, 0.6) is 0 Å². The number of anilines is 1. The van der Waals surface area contributed by atoms with Crippen molar-refractivity contribution in [2.24, 2.45) is 0 Å². The SMILES string of the molecule is Cc1cc(N2CC3CNCCN3C2=O)ccc1C(=O)O. The number of fused-ring (bicyclic) bond motifs is 1. The smallest absolute Gasteiger partial charge is 0.335 e. The molecule has 6 nitrogen and oxygen atoms in total. The Morgan fingerprint density at radius 3 is 2.90 bits per heavy atom. The summed E-state index contributed by atoms with van der Waals surface area (Å²) in [6.07, 6.45) is 0. The van der Waals surface area contributed by atoms with Crippen LogP contribution < -0.4 is 10.2 Å². The lowest BCUT2D eigenvalue weighted by Gasteiger charge is -2.28. The lowest BCUT2D eigenvalue weighted by molar-refractivity contribution is 0.0696. The number of benzene rings is 1. The number of carboxylic acids is 1. The maximum Gasteiger partial charge on any atom is 0.335 e. The van der Waals surface area contributed by atoms with Gasteiger partial charge < -0.3 is 15.3 Å². The van der Waals surface area contributed by atoms with Crippen LogP contribution in [0.2, 0.25) is 0 Å². The summed E-state index contributed by atoms with van der Waals surface area (Å²) in [5.41, 5.74) is 1.72. The first-order valence-electron chi connectivity index (χ1n) is 6.70. The van der Waals surface area contributed by atoms with Crippen LogP contribution in [-0.4, -0.2) is 54.2 Å². The molecule has 2 aliphatic rings. The number of rotatable bonds is 2. The predicted octanol–water partition coefficient (Wildman–Crippen LogP) is 0.907. The van der Waals surface area contributed by atoms with Gasteiger partial charge in [-0.1, -0.05) is 0 Å².